The van der Waals surface area contributed by atoms with Crippen LogP contribution in [0.1, 0.15) is 36.2 Å². The summed E-state index contributed by atoms with van der Waals surface area (Å²) in [5, 5.41) is 26.6. The van der Waals surface area contributed by atoms with Gasteiger partial charge in [0.2, 0.25) is 16.7 Å². The molecule has 3 aromatic heterocycles. The average molecular weight is 439 g/mol. The number of thiazole rings is 1. The van der Waals surface area contributed by atoms with Crippen LogP contribution in [0.15, 0.2) is 47.1 Å². The van der Waals surface area contributed by atoms with E-state index in [0.29, 0.717) is 22.5 Å². The molecule has 10 heteroatoms. The summed E-state index contributed by atoms with van der Waals surface area (Å²) in [6.45, 7) is 3.99. The molecular weight excluding hydrogens is 418 g/mol. The van der Waals surface area contributed by atoms with Gasteiger partial charge >= 0.3 is 0 Å². The molecule has 0 aliphatic carbocycles. The first kappa shape index (κ1) is 19.7. The zero-order valence-corrected chi connectivity index (χ0v) is 17.7. The maximum absolute atomic E-state index is 11.1. The van der Waals surface area contributed by atoms with Gasteiger partial charge < -0.3 is 9.52 Å². The highest BCUT2D eigenvalue weighted by Gasteiger charge is 2.32. The van der Waals surface area contributed by atoms with Crippen molar-refractivity contribution in [3.63, 3.8) is 0 Å². The number of hydrogen-bond donors (Lipinski definition) is 1. The second-order valence-corrected chi connectivity index (χ2v) is 8.90. The molecule has 1 aliphatic heterocycles. The molecule has 1 fully saturated rings. The first-order valence-corrected chi connectivity index (χ1v) is 10.9. The predicted octanol–water partition coefficient (Wildman–Crippen LogP) is 4.49. The van der Waals surface area contributed by atoms with Crippen molar-refractivity contribution in [1.29, 1.82) is 0 Å². The van der Waals surface area contributed by atoms with Crippen molar-refractivity contribution in [3.05, 3.63) is 63.2 Å². The van der Waals surface area contributed by atoms with Crippen LogP contribution in [-0.4, -0.2) is 42.6 Å². The lowest BCUT2D eigenvalue weighted by Gasteiger charge is -2.37. The summed E-state index contributed by atoms with van der Waals surface area (Å²) in [4.78, 5) is 18.8. The van der Waals surface area contributed by atoms with Crippen LogP contribution >= 0.6 is 11.3 Å². The van der Waals surface area contributed by atoms with Crippen LogP contribution in [-0.2, 0) is 0 Å². The number of furan rings is 1. The molecule has 4 aromatic rings. The monoisotopic (exact) mass is 439 g/mol. The Labute approximate surface area is 181 Å². The standard InChI is InChI=1S/C21H21N5O4S/c1-13-4-2-10-24(12-13)17(14-6-8-15(9-7-14)26(28)29)18-20(27)25-21(31-18)22-19(23-25)16-5-3-11-30-16/h3,5-9,11,13,17,27H,2,4,10,12H2,1H3/t13-,17-/m1/s1. The van der Waals surface area contributed by atoms with Crippen LogP contribution in [0, 0.1) is 16.0 Å². The van der Waals surface area contributed by atoms with Crippen molar-refractivity contribution in [2.75, 3.05) is 13.1 Å². The third-order valence-corrected chi connectivity index (χ3v) is 6.74. The molecule has 0 amide bonds. The minimum absolute atomic E-state index is 0.0342. The van der Waals surface area contributed by atoms with E-state index in [-0.39, 0.29) is 17.6 Å². The second-order valence-electron chi connectivity index (χ2n) is 7.89. The molecule has 160 valence electrons. The van der Waals surface area contributed by atoms with Crippen LogP contribution in [0.4, 0.5) is 5.69 Å². The van der Waals surface area contributed by atoms with E-state index in [1.54, 1.807) is 30.5 Å². The van der Waals surface area contributed by atoms with Crippen molar-refractivity contribution in [3.8, 4) is 17.5 Å². The lowest BCUT2D eigenvalue weighted by atomic mass is 9.95. The molecular formula is C21H21N5O4S. The highest BCUT2D eigenvalue weighted by molar-refractivity contribution is 7.17. The smallest absolute Gasteiger partial charge is 0.269 e. The number of aromatic nitrogens is 3. The first-order chi connectivity index (χ1) is 15.0. The largest absolute Gasteiger partial charge is 0.492 e. The number of aromatic hydroxyl groups is 1. The fraction of sp³-hybridized carbons (Fsp3) is 0.333. The van der Waals surface area contributed by atoms with Crippen molar-refractivity contribution in [1.82, 2.24) is 19.5 Å². The topological polar surface area (TPSA) is 110 Å². The minimum Gasteiger partial charge on any atom is -0.492 e. The Balaban J connectivity index is 1.58. The number of fused-ring (bicyclic) bond motifs is 1. The Morgan fingerprint density at radius 3 is 2.77 bits per heavy atom. The molecule has 31 heavy (non-hydrogen) atoms. The number of benzene rings is 1. The average Bonchev–Trinajstić information content (AvgIpc) is 3.48. The summed E-state index contributed by atoms with van der Waals surface area (Å²) in [5.74, 6) is 1.52. The third kappa shape index (κ3) is 3.57. The van der Waals surface area contributed by atoms with E-state index in [0.717, 1.165) is 36.4 Å². The molecule has 9 nitrogen and oxygen atoms in total. The quantitative estimate of drug-likeness (QED) is 0.360. The van der Waals surface area contributed by atoms with Crippen molar-refractivity contribution < 1.29 is 14.4 Å². The maximum Gasteiger partial charge on any atom is 0.269 e. The minimum atomic E-state index is -0.404. The summed E-state index contributed by atoms with van der Waals surface area (Å²) in [6, 6.07) is 9.86. The second kappa shape index (κ2) is 7.78. The Hall–Kier alpha value is -3.24. The zero-order valence-electron chi connectivity index (χ0n) is 16.8. The number of hydrogen-bond acceptors (Lipinski definition) is 8. The van der Waals surface area contributed by atoms with Gasteiger partial charge in [-0.25, -0.2) is 0 Å². The molecule has 2 atom stereocenters. The molecule has 5 rings (SSSR count). The van der Waals surface area contributed by atoms with Gasteiger partial charge in [-0.2, -0.15) is 9.50 Å². The molecule has 0 saturated carbocycles. The summed E-state index contributed by atoms with van der Waals surface area (Å²) in [6.07, 6.45) is 3.78. The van der Waals surface area contributed by atoms with Crippen molar-refractivity contribution >= 4 is 22.0 Å². The molecule has 0 spiro atoms. The van der Waals surface area contributed by atoms with Crippen LogP contribution < -0.4 is 0 Å². The van der Waals surface area contributed by atoms with Crippen LogP contribution in [0.3, 0.4) is 0 Å². The summed E-state index contributed by atoms with van der Waals surface area (Å²) in [5.41, 5.74) is 0.940. The number of nitro benzene ring substituents is 1. The Kier molecular flexibility index (Phi) is 4.95. The van der Waals surface area contributed by atoms with Crippen molar-refractivity contribution in [2.45, 2.75) is 25.8 Å². The van der Waals surface area contributed by atoms with Gasteiger partial charge in [0.05, 0.1) is 22.1 Å². The Bertz CT molecular complexity index is 1210. The summed E-state index contributed by atoms with van der Waals surface area (Å²) in [7, 11) is 0. The zero-order chi connectivity index (χ0) is 21.5. The van der Waals surface area contributed by atoms with Crippen LogP contribution in [0.5, 0.6) is 5.88 Å². The number of nitrogens with zero attached hydrogens (tertiary/aromatic N) is 5. The number of likely N-dealkylation sites (tertiary alicyclic amines) is 1. The van der Waals surface area contributed by atoms with E-state index in [2.05, 4.69) is 21.9 Å². The third-order valence-electron chi connectivity index (χ3n) is 5.66. The first-order valence-electron chi connectivity index (χ1n) is 10.1. The van der Waals surface area contributed by atoms with Gasteiger partial charge in [0.15, 0.2) is 5.76 Å². The Morgan fingerprint density at radius 2 is 2.13 bits per heavy atom. The summed E-state index contributed by atoms with van der Waals surface area (Å²) < 4.78 is 6.80. The molecule has 0 unspecified atom stereocenters. The van der Waals surface area contributed by atoms with Gasteiger partial charge in [0, 0.05) is 18.7 Å². The number of rotatable bonds is 5. The van der Waals surface area contributed by atoms with E-state index < -0.39 is 4.92 Å². The normalized spacial score (nSPS) is 18.4. The molecule has 1 aromatic carbocycles. The van der Waals surface area contributed by atoms with E-state index in [1.807, 2.05) is 0 Å². The molecule has 1 saturated heterocycles. The number of nitro groups is 1. The molecule has 0 bridgehead atoms. The highest BCUT2D eigenvalue weighted by Crippen LogP contribution is 2.42. The molecule has 1 N–H and O–H groups in total. The SMILES string of the molecule is C[C@@H]1CCCN([C@H](c2ccc([N+](=O)[O-])cc2)c2sc3nc(-c4ccco4)nn3c2O)C1. The van der Waals surface area contributed by atoms with E-state index in [1.165, 1.54) is 28.0 Å². The molecule has 1 aliphatic rings. The predicted molar refractivity (Wildman–Crippen MR) is 115 cm³/mol. The highest BCUT2D eigenvalue weighted by atomic mass is 32.1. The maximum atomic E-state index is 11.1. The fourth-order valence-corrected chi connectivity index (χ4v) is 5.32. The van der Waals surface area contributed by atoms with Gasteiger partial charge in [-0.15, -0.1) is 5.10 Å². The van der Waals surface area contributed by atoms with E-state index in [9.17, 15) is 15.2 Å². The van der Waals surface area contributed by atoms with Gasteiger partial charge in [-0.3, -0.25) is 15.0 Å². The van der Waals surface area contributed by atoms with Gasteiger partial charge in [0.25, 0.3) is 5.69 Å². The fourth-order valence-electron chi connectivity index (χ4n) is 4.21. The lowest BCUT2D eigenvalue weighted by molar-refractivity contribution is -0.384. The lowest BCUT2D eigenvalue weighted by Crippen LogP contribution is -2.37. The van der Waals surface area contributed by atoms with E-state index in [4.69, 9.17) is 4.42 Å². The van der Waals surface area contributed by atoms with Crippen molar-refractivity contribution in [2.24, 2.45) is 5.92 Å². The molecule has 0 radical (unpaired) electrons. The van der Waals surface area contributed by atoms with Gasteiger partial charge in [-0.05, 0) is 43.0 Å². The van der Waals surface area contributed by atoms with Gasteiger partial charge in [0.1, 0.15) is 0 Å². The Morgan fingerprint density at radius 1 is 1.32 bits per heavy atom. The van der Waals surface area contributed by atoms with Crippen LogP contribution in [0.2, 0.25) is 0 Å². The number of non-ortho nitro benzene ring substituents is 1. The van der Waals surface area contributed by atoms with E-state index >= 15 is 0 Å². The molecule has 4 heterocycles. The summed E-state index contributed by atoms with van der Waals surface area (Å²) >= 11 is 1.37. The number of piperidine rings is 1. The van der Waals surface area contributed by atoms with Gasteiger partial charge in [-0.1, -0.05) is 30.4 Å². The van der Waals surface area contributed by atoms with Crippen LogP contribution in [0.25, 0.3) is 16.5 Å².